The summed E-state index contributed by atoms with van der Waals surface area (Å²) in [6, 6.07) is 16.9. The van der Waals surface area contributed by atoms with E-state index in [2.05, 4.69) is 5.16 Å². The Labute approximate surface area is 187 Å². The van der Waals surface area contributed by atoms with Crippen LogP contribution in [-0.2, 0) is 16.6 Å². The molecule has 0 atom stereocenters. The van der Waals surface area contributed by atoms with E-state index in [-0.39, 0.29) is 29.7 Å². The summed E-state index contributed by atoms with van der Waals surface area (Å²) < 4.78 is 38.1. The summed E-state index contributed by atoms with van der Waals surface area (Å²) in [5.41, 5.74) is 1.95. The number of benzene rings is 2. The van der Waals surface area contributed by atoms with Gasteiger partial charge in [0.2, 0.25) is 10.0 Å². The van der Waals surface area contributed by atoms with Crippen LogP contribution in [0.2, 0.25) is 0 Å². The largest absolute Gasteiger partial charge is 0.489 e. The molecule has 0 spiro atoms. The molecular formula is C23H25N3O5S. The van der Waals surface area contributed by atoms with Crippen molar-refractivity contribution in [3.8, 4) is 5.75 Å². The van der Waals surface area contributed by atoms with Crippen LogP contribution < -0.4 is 4.74 Å². The van der Waals surface area contributed by atoms with Gasteiger partial charge in [-0.3, -0.25) is 4.79 Å². The molecule has 1 saturated heterocycles. The molecule has 1 aliphatic heterocycles. The molecule has 1 fully saturated rings. The van der Waals surface area contributed by atoms with Gasteiger partial charge in [-0.05, 0) is 43.7 Å². The van der Waals surface area contributed by atoms with Gasteiger partial charge in [-0.15, -0.1) is 0 Å². The molecular weight excluding hydrogens is 430 g/mol. The van der Waals surface area contributed by atoms with Gasteiger partial charge in [0.05, 0.1) is 0 Å². The van der Waals surface area contributed by atoms with Crippen LogP contribution in [-0.4, -0.2) is 54.9 Å². The molecule has 0 unspecified atom stereocenters. The maximum Gasteiger partial charge on any atom is 0.253 e. The molecule has 168 valence electrons. The quantitative estimate of drug-likeness (QED) is 0.567. The molecule has 9 heteroatoms. The summed E-state index contributed by atoms with van der Waals surface area (Å²) in [6.07, 6.45) is 0. The molecule has 0 aliphatic carbocycles. The molecule has 0 N–H and O–H groups in total. The minimum absolute atomic E-state index is 0.114. The summed E-state index contributed by atoms with van der Waals surface area (Å²) >= 11 is 0. The van der Waals surface area contributed by atoms with Crippen LogP contribution in [0.5, 0.6) is 5.75 Å². The first-order valence-corrected chi connectivity index (χ1v) is 11.8. The number of carbonyl (C=O) groups excluding carboxylic acids is 1. The third-order valence-corrected chi connectivity index (χ3v) is 7.58. The number of rotatable bonds is 6. The van der Waals surface area contributed by atoms with Crippen molar-refractivity contribution in [1.29, 1.82) is 0 Å². The van der Waals surface area contributed by atoms with Crippen molar-refractivity contribution in [3.63, 3.8) is 0 Å². The van der Waals surface area contributed by atoms with Gasteiger partial charge in [0, 0.05) is 31.7 Å². The van der Waals surface area contributed by atoms with Crippen LogP contribution in [0.25, 0.3) is 0 Å². The molecule has 8 nitrogen and oxygen atoms in total. The third-order valence-electron chi connectivity index (χ3n) is 5.44. The number of hydrogen-bond donors (Lipinski definition) is 0. The fourth-order valence-corrected chi connectivity index (χ4v) is 5.43. The van der Waals surface area contributed by atoms with Crippen LogP contribution in [0.15, 0.2) is 64.0 Å². The summed E-state index contributed by atoms with van der Waals surface area (Å²) in [6.45, 7) is 4.71. The van der Waals surface area contributed by atoms with E-state index in [0.29, 0.717) is 36.7 Å². The van der Waals surface area contributed by atoms with Crippen LogP contribution in [0.3, 0.4) is 0 Å². The molecule has 2 heterocycles. The first-order chi connectivity index (χ1) is 15.4. The van der Waals surface area contributed by atoms with E-state index in [0.717, 1.165) is 5.56 Å². The number of aromatic nitrogens is 1. The number of hydrogen-bond acceptors (Lipinski definition) is 6. The first kappa shape index (κ1) is 22.0. The zero-order chi connectivity index (χ0) is 22.7. The van der Waals surface area contributed by atoms with Crippen molar-refractivity contribution in [3.05, 3.63) is 77.2 Å². The van der Waals surface area contributed by atoms with Gasteiger partial charge in [0.1, 0.15) is 22.9 Å². The van der Waals surface area contributed by atoms with E-state index in [1.54, 1.807) is 43.0 Å². The monoisotopic (exact) mass is 455 g/mol. The minimum atomic E-state index is -3.71. The topological polar surface area (TPSA) is 93.0 Å². The molecule has 3 aromatic rings. The predicted octanol–water partition coefficient (Wildman–Crippen LogP) is 3.02. The van der Waals surface area contributed by atoms with E-state index in [4.69, 9.17) is 9.26 Å². The first-order valence-electron chi connectivity index (χ1n) is 10.4. The van der Waals surface area contributed by atoms with Crippen molar-refractivity contribution >= 4 is 15.9 Å². The molecule has 1 aromatic heterocycles. The predicted molar refractivity (Wildman–Crippen MR) is 118 cm³/mol. The van der Waals surface area contributed by atoms with Crippen LogP contribution in [0.4, 0.5) is 0 Å². The number of sulfonamides is 1. The Bertz CT molecular complexity index is 1160. The fourth-order valence-electron chi connectivity index (χ4n) is 3.72. The Hall–Kier alpha value is -3.17. The normalized spacial score (nSPS) is 15.0. The average Bonchev–Trinajstić information content (AvgIpc) is 3.17. The number of carbonyl (C=O) groups is 1. The average molecular weight is 456 g/mol. The van der Waals surface area contributed by atoms with Gasteiger partial charge < -0.3 is 14.2 Å². The molecule has 0 radical (unpaired) electrons. The number of ether oxygens (including phenoxy) is 1. The minimum Gasteiger partial charge on any atom is -0.489 e. The third kappa shape index (κ3) is 4.53. The Morgan fingerprint density at radius 3 is 2.25 bits per heavy atom. The van der Waals surface area contributed by atoms with E-state index in [1.807, 2.05) is 30.3 Å². The molecule has 1 aliphatic rings. The lowest BCUT2D eigenvalue weighted by Gasteiger charge is -2.34. The van der Waals surface area contributed by atoms with Crippen LogP contribution >= 0.6 is 0 Å². The second-order valence-electron chi connectivity index (χ2n) is 7.65. The number of nitrogens with zero attached hydrogens (tertiary/aromatic N) is 3. The Morgan fingerprint density at radius 1 is 1.00 bits per heavy atom. The van der Waals surface area contributed by atoms with E-state index in [9.17, 15) is 13.2 Å². The highest BCUT2D eigenvalue weighted by Gasteiger charge is 2.34. The molecule has 32 heavy (non-hydrogen) atoms. The number of amides is 1. The lowest BCUT2D eigenvalue weighted by molar-refractivity contribution is 0.0697. The zero-order valence-electron chi connectivity index (χ0n) is 18.0. The molecule has 0 saturated carbocycles. The van der Waals surface area contributed by atoms with Gasteiger partial charge >= 0.3 is 0 Å². The Morgan fingerprint density at radius 2 is 1.66 bits per heavy atom. The standard InChI is InChI=1S/C23H25N3O5S/c1-17-22(18(2)31-24-17)32(28,29)26-14-12-25(13-15-26)23(27)20-8-10-21(11-9-20)30-16-19-6-4-3-5-7-19/h3-11H,12-16H2,1-2H3. The van der Waals surface area contributed by atoms with Crippen LogP contribution in [0.1, 0.15) is 27.4 Å². The maximum absolute atomic E-state index is 12.9. The van der Waals surface area contributed by atoms with Gasteiger partial charge in [0.25, 0.3) is 5.91 Å². The second-order valence-corrected chi connectivity index (χ2v) is 9.52. The van der Waals surface area contributed by atoms with Crippen molar-refractivity contribution in [2.75, 3.05) is 26.2 Å². The lowest BCUT2D eigenvalue weighted by Crippen LogP contribution is -2.50. The molecule has 4 rings (SSSR count). The van der Waals surface area contributed by atoms with Crippen LogP contribution in [0, 0.1) is 13.8 Å². The summed E-state index contributed by atoms with van der Waals surface area (Å²) in [5.74, 6) is 0.824. The fraction of sp³-hybridized carbons (Fsp3) is 0.304. The highest BCUT2D eigenvalue weighted by atomic mass is 32.2. The molecule has 2 aromatic carbocycles. The van der Waals surface area contributed by atoms with E-state index >= 15 is 0 Å². The Kier molecular flexibility index (Phi) is 6.29. The van der Waals surface area contributed by atoms with Gasteiger partial charge in [-0.1, -0.05) is 35.5 Å². The summed E-state index contributed by atoms with van der Waals surface area (Å²) in [7, 11) is -3.71. The lowest BCUT2D eigenvalue weighted by atomic mass is 10.1. The second kappa shape index (κ2) is 9.13. The molecule has 0 bridgehead atoms. The maximum atomic E-state index is 12.9. The van der Waals surface area contributed by atoms with Crippen molar-refractivity contribution in [2.45, 2.75) is 25.3 Å². The molecule has 1 amide bonds. The highest BCUT2D eigenvalue weighted by molar-refractivity contribution is 7.89. The number of piperazine rings is 1. The van der Waals surface area contributed by atoms with Crippen molar-refractivity contribution in [2.24, 2.45) is 0 Å². The highest BCUT2D eigenvalue weighted by Crippen LogP contribution is 2.24. The van der Waals surface area contributed by atoms with Gasteiger partial charge in [-0.2, -0.15) is 4.31 Å². The van der Waals surface area contributed by atoms with E-state index in [1.165, 1.54) is 4.31 Å². The summed E-state index contributed by atoms with van der Waals surface area (Å²) in [4.78, 5) is 14.7. The SMILES string of the molecule is Cc1noc(C)c1S(=O)(=O)N1CCN(C(=O)c2ccc(OCc3ccccc3)cc2)CC1. The van der Waals surface area contributed by atoms with E-state index < -0.39 is 10.0 Å². The van der Waals surface area contributed by atoms with Crippen molar-refractivity contribution < 1.29 is 22.5 Å². The smallest absolute Gasteiger partial charge is 0.253 e. The Balaban J connectivity index is 1.35. The summed E-state index contributed by atoms with van der Waals surface area (Å²) in [5, 5.41) is 3.74. The zero-order valence-corrected chi connectivity index (χ0v) is 18.8. The number of aryl methyl sites for hydroxylation is 2. The van der Waals surface area contributed by atoms with Crippen molar-refractivity contribution in [1.82, 2.24) is 14.4 Å². The van der Waals surface area contributed by atoms with Gasteiger partial charge in [-0.25, -0.2) is 8.42 Å². The van der Waals surface area contributed by atoms with Gasteiger partial charge in [0.15, 0.2) is 5.76 Å².